The van der Waals surface area contributed by atoms with Crippen LogP contribution >= 0.6 is 23.2 Å². The zero-order valence-corrected chi connectivity index (χ0v) is 15.6. The lowest BCUT2D eigenvalue weighted by Crippen LogP contribution is -2.37. The van der Waals surface area contributed by atoms with E-state index in [2.05, 4.69) is 5.32 Å². The molecule has 0 aliphatic heterocycles. The summed E-state index contributed by atoms with van der Waals surface area (Å²) < 4.78 is 18.0. The van der Waals surface area contributed by atoms with Gasteiger partial charge in [0.05, 0.1) is 6.42 Å². The summed E-state index contributed by atoms with van der Waals surface area (Å²) in [6.45, 7) is 1.85. The molecule has 7 heteroatoms. The quantitative estimate of drug-likeness (QED) is 0.719. The van der Waals surface area contributed by atoms with E-state index in [1.54, 1.807) is 24.3 Å². The van der Waals surface area contributed by atoms with Gasteiger partial charge in [-0.25, -0.2) is 4.39 Å². The number of amides is 1. The molecule has 0 saturated heterocycles. The monoisotopic (exact) mass is 397 g/mol. The van der Waals surface area contributed by atoms with Gasteiger partial charge in [-0.3, -0.25) is 9.59 Å². The molecule has 2 aromatic rings. The standard InChI is InChI=1S/C19H18Cl2FNO3/c1-12(19(25)23-9-8-13-2-6-16(22)7-3-13)26-18(24)10-14-4-5-15(20)11-17(14)21/h2-7,11-12H,8-10H2,1H3,(H,23,25)/t12-/m0/s1. The van der Waals surface area contributed by atoms with Crippen LogP contribution in [-0.2, 0) is 27.2 Å². The van der Waals surface area contributed by atoms with E-state index in [0.29, 0.717) is 28.6 Å². The van der Waals surface area contributed by atoms with E-state index in [1.807, 2.05) is 0 Å². The molecule has 0 radical (unpaired) electrons. The molecule has 0 heterocycles. The normalized spacial score (nSPS) is 11.7. The lowest BCUT2D eigenvalue weighted by atomic mass is 10.1. The molecule has 2 rings (SSSR count). The van der Waals surface area contributed by atoms with E-state index >= 15 is 0 Å². The number of hydrogen-bond acceptors (Lipinski definition) is 3. The summed E-state index contributed by atoms with van der Waals surface area (Å²) in [5.74, 6) is -1.27. The van der Waals surface area contributed by atoms with Crippen LogP contribution in [0.15, 0.2) is 42.5 Å². The number of ether oxygens (including phenoxy) is 1. The van der Waals surface area contributed by atoms with Gasteiger partial charge in [-0.2, -0.15) is 0 Å². The lowest BCUT2D eigenvalue weighted by Gasteiger charge is -2.14. The van der Waals surface area contributed by atoms with Crippen LogP contribution in [0.5, 0.6) is 0 Å². The van der Waals surface area contributed by atoms with Gasteiger partial charge in [0.25, 0.3) is 5.91 Å². The van der Waals surface area contributed by atoms with Crippen molar-refractivity contribution in [1.82, 2.24) is 5.32 Å². The first-order valence-corrected chi connectivity index (χ1v) is 8.76. The summed E-state index contributed by atoms with van der Waals surface area (Å²) in [6.07, 6.45) is -0.433. The smallest absolute Gasteiger partial charge is 0.311 e. The highest BCUT2D eigenvalue weighted by atomic mass is 35.5. The molecular weight excluding hydrogens is 380 g/mol. The largest absolute Gasteiger partial charge is 0.452 e. The van der Waals surface area contributed by atoms with Gasteiger partial charge >= 0.3 is 5.97 Å². The zero-order chi connectivity index (χ0) is 19.1. The number of esters is 1. The fraction of sp³-hybridized carbons (Fsp3) is 0.263. The summed E-state index contributed by atoms with van der Waals surface area (Å²) >= 11 is 11.8. The van der Waals surface area contributed by atoms with E-state index in [0.717, 1.165) is 5.56 Å². The second-order valence-corrected chi connectivity index (χ2v) is 6.56. The summed E-state index contributed by atoms with van der Waals surface area (Å²) in [5.41, 5.74) is 1.47. The van der Waals surface area contributed by atoms with Gasteiger partial charge in [0, 0.05) is 16.6 Å². The minimum atomic E-state index is -0.929. The van der Waals surface area contributed by atoms with Gasteiger partial charge in [-0.05, 0) is 48.7 Å². The summed E-state index contributed by atoms with van der Waals surface area (Å²) in [6, 6.07) is 10.8. The van der Waals surface area contributed by atoms with Crippen molar-refractivity contribution in [2.75, 3.05) is 6.54 Å². The Balaban J connectivity index is 1.76. The highest BCUT2D eigenvalue weighted by molar-refractivity contribution is 6.35. The second kappa shape index (κ2) is 9.55. The first-order valence-electron chi connectivity index (χ1n) is 8.00. The van der Waals surface area contributed by atoms with E-state index in [4.69, 9.17) is 27.9 Å². The minimum Gasteiger partial charge on any atom is -0.452 e. The van der Waals surface area contributed by atoms with Crippen molar-refractivity contribution in [3.05, 3.63) is 69.5 Å². The molecule has 4 nitrogen and oxygen atoms in total. The minimum absolute atomic E-state index is 0.0524. The Morgan fingerprint density at radius 1 is 1.15 bits per heavy atom. The molecule has 1 atom stereocenters. The maximum atomic E-state index is 12.8. The van der Waals surface area contributed by atoms with Gasteiger partial charge in [-0.15, -0.1) is 0 Å². The predicted molar refractivity (Wildman–Crippen MR) is 98.8 cm³/mol. The average Bonchev–Trinajstić information content (AvgIpc) is 2.59. The maximum Gasteiger partial charge on any atom is 0.311 e. The van der Waals surface area contributed by atoms with Crippen LogP contribution in [0.25, 0.3) is 0 Å². The molecule has 0 aliphatic rings. The number of nitrogens with one attached hydrogen (secondary N) is 1. The first kappa shape index (κ1) is 20.2. The molecule has 1 N–H and O–H groups in total. The Bertz CT molecular complexity index is 781. The third-order valence-electron chi connectivity index (χ3n) is 3.65. The van der Waals surface area contributed by atoms with Crippen LogP contribution < -0.4 is 5.32 Å². The Kier molecular flexibility index (Phi) is 7.42. The molecule has 0 spiro atoms. The molecule has 26 heavy (non-hydrogen) atoms. The molecule has 0 fully saturated rings. The first-order chi connectivity index (χ1) is 12.3. The van der Waals surface area contributed by atoms with Crippen molar-refractivity contribution in [3.8, 4) is 0 Å². The highest BCUT2D eigenvalue weighted by Gasteiger charge is 2.18. The zero-order valence-electron chi connectivity index (χ0n) is 14.1. The van der Waals surface area contributed by atoms with Crippen LogP contribution in [0.1, 0.15) is 18.1 Å². The molecule has 0 saturated carbocycles. The Hall–Kier alpha value is -2.11. The topological polar surface area (TPSA) is 55.4 Å². The fourth-order valence-electron chi connectivity index (χ4n) is 2.24. The van der Waals surface area contributed by atoms with E-state index in [1.165, 1.54) is 25.1 Å². The number of rotatable bonds is 7. The van der Waals surface area contributed by atoms with E-state index in [9.17, 15) is 14.0 Å². The molecule has 0 bridgehead atoms. The van der Waals surface area contributed by atoms with Crippen molar-refractivity contribution < 1.29 is 18.7 Å². The van der Waals surface area contributed by atoms with E-state index < -0.39 is 18.0 Å². The molecule has 1 amide bonds. The van der Waals surface area contributed by atoms with Crippen LogP contribution in [0.3, 0.4) is 0 Å². The Morgan fingerprint density at radius 3 is 2.50 bits per heavy atom. The number of halogens is 3. The third-order valence-corrected chi connectivity index (χ3v) is 4.24. The van der Waals surface area contributed by atoms with Crippen LogP contribution in [-0.4, -0.2) is 24.5 Å². The van der Waals surface area contributed by atoms with Crippen LogP contribution in [0.4, 0.5) is 4.39 Å². The molecule has 2 aromatic carbocycles. The van der Waals surface area contributed by atoms with Crippen LogP contribution in [0, 0.1) is 5.82 Å². The van der Waals surface area contributed by atoms with Crippen molar-refractivity contribution in [3.63, 3.8) is 0 Å². The fourth-order valence-corrected chi connectivity index (χ4v) is 2.71. The van der Waals surface area contributed by atoms with Gasteiger partial charge in [-0.1, -0.05) is 41.4 Å². The SMILES string of the molecule is C[C@H](OC(=O)Cc1ccc(Cl)cc1Cl)C(=O)NCCc1ccc(F)cc1. The summed E-state index contributed by atoms with van der Waals surface area (Å²) in [4.78, 5) is 24.0. The number of carbonyl (C=O) groups excluding carboxylic acids is 2. The molecule has 0 aromatic heterocycles. The summed E-state index contributed by atoms with van der Waals surface area (Å²) in [5, 5.41) is 3.52. The lowest BCUT2D eigenvalue weighted by molar-refractivity contribution is -0.154. The van der Waals surface area contributed by atoms with Crippen molar-refractivity contribution in [2.45, 2.75) is 25.9 Å². The number of hydrogen-bond donors (Lipinski definition) is 1. The van der Waals surface area contributed by atoms with Crippen molar-refractivity contribution in [2.24, 2.45) is 0 Å². The number of carbonyl (C=O) groups is 2. The van der Waals surface area contributed by atoms with Gasteiger partial charge in [0.1, 0.15) is 5.82 Å². The highest BCUT2D eigenvalue weighted by Crippen LogP contribution is 2.21. The van der Waals surface area contributed by atoms with Gasteiger partial charge < -0.3 is 10.1 Å². The Morgan fingerprint density at radius 2 is 1.85 bits per heavy atom. The maximum absolute atomic E-state index is 12.8. The Labute approximate surface area is 161 Å². The average molecular weight is 398 g/mol. The molecular formula is C19H18Cl2FNO3. The second-order valence-electron chi connectivity index (χ2n) is 5.71. The van der Waals surface area contributed by atoms with Crippen molar-refractivity contribution in [1.29, 1.82) is 0 Å². The van der Waals surface area contributed by atoms with Crippen molar-refractivity contribution >= 4 is 35.1 Å². The molecule has 0 unspecified atom stereocenters. The van der Waals surface area contributed by atoms with Gasteiger partial charge in [0.2, 0.25) is 0 Å². The third kappa shape index (κ3) is 6.32. The van der Waals surface area contributed by atoms with Crippen LogP contribution in [0.2, 0.25) is 10.0 Å². The predicted octanol–water partition coefficient (Wildman–Crippen LogP) is 3.97. The van der Waals surface area contributed by atoms with E-state index in [-0.39, 0.29) is 12.2 Å². The summed E-state index contributed by atoms with van der Waals surface area (Å²) in [7, 11) is 0. The van der Waals surface area contributed by atoms with Gasteiger partial charge in [0.15, 0.2) is 6.10 Å². The number of benzene rings is 2. The molecule has 0 aliphatic carbocycles. The molecule has 138 valence electrons.